The third kappa shape index (κ3) is 3.99. The van der Waals surface area contributed by atoms with Gasteiger partial charge >= 0.3 is 0 Å². The van der Waals surface area contributed by atoms with Crippen molar-refractivity contribution in [3.8, 4) is 0 Å². The number of hydrogen-bond acceptors (Lipinski definition) is 2. The Hall–Kier alpha value is -3.28. The molecule has 6 heteroatoms. The molecule has 2 aliphatic carbocycles. The number of carbonyl (C=O) groups excluding carboxylic acids is 2. The van der Waals surface area contributed by atoms with Gasteiger partial charge < -0.3 is 18.9 Å². The first kappa shape index (κ1) is 20.3. The first-order valence-corrected chi connectivity index (χ1v) is 12.2. The summed E-state index contributed by atoms with van der Waals surface area (Å²) in [5, 5.41) is 0. The molecule has 0 radical (unpaired) electrons. The summed E-state index contributed by atoms with van der Waals surface area (Å²) < 4.78 is 4.27. The van der Waals surface area contributed by atoms with E-state index in [-0.39, 0.29) is 17.9 Å². The lowest BCUT2D eigenvalue weighted by molar-refractivity contribution is 0.0630. The van der Waals surface area contributed by atoms with Crippen molar-refractivity contribution in [2.24, 2.45) is 0 Å². The SMILES string of the molecule is O=C(c1cccn1C1CC1)N1CC[C@H](N(Cc2ccccc2)C(=O)c2cccn2C2CC2)C1. The topological polar surface area (TPSA) is 50.5 Å². The molecule has 1 aromatic carbocycles. The van der Waals surface area contributed by atoms with Gasteiger partial charge in [0.25, 0.3) is 11.8 Å². The van der Waals surface area contributed by atoms with Crippen LogP contribution in [0.3, 0.4) is 0 Å². The van der Waals surface area contributed by atoms with Gasteiger partial charge in [-0.1, -0.05) is 30.3 Å². The van der Waals surface area contributed by atoms with Crippen molar-refractivity contribution in [3.05, 3.63) is 83.9 Å². The smallest absolute Gasteiger partial charge is 0.271 e. The fourth-order valence-electron chi connectivity index (χ4n) is 5.13. The first-order valence-electron chi connectivity index (χ1n) is 12.2. The molecule has 3 aromatic rings. The van der Waals surface area contributed by atoms with Crippen LogP contribution in [0.5, 0.6) is 0 Å². The third-order valence-corrected chi connectivity index (χ3v) is 7.22. The minimum Gasteiger partial charge on any atom is -0.340 e. The summed E-state index contributed by atoms with van der Waals surface area (Å²) >= 11 is 0. The van der Waals surface area contributed by atoms with Crippen molar-refractivity contribution in [2.45, 2.75) is 56.8 Å². The van der Waals surface area contributed by atoms with E-state index in [1.165, 1.54) is 0 Å². The fraction of sp³-hybridized carbons (Fsp3) is 0.407. The molecular formula is C27H30N4O2. The van der Waals surface area contributed by atoms with E-state index in [0.717, 1.165) is 49.1 Å². The van der Waals surface area contributed by atoms with Crippen LogP contribution in [0.1, 0.15) is 70.7 Å². The highest BCUT2D eigenvalue weighted by Crippen LogP contribution is 2.37. The van der Waals surface area contributed by atoms with E-state index < -0.39 is 0 Å². The summed E-state index contributed by atoms with van der Waals surface area (Å²) in [5.74, 6) is 0.152. The molecule has 0 N–H and O–H groups in total. The quantitative estimate of drug-likeness (QED) is 0.540. The van der Waals surface area contributed by atoms with Gasteiger partial charge in [0.1, 0.15) is 11.4 Å². The van der Waals surface area contributed by atoms with Crippen LogP contribution in [0, 0.1) is 0 Å². The molecule has 1 aliphatic heterocycles. The van der Waals surface area contributed by atoms with Crippen molar-refractivity contribution >= 4 is 11.8 Å². The van der Waals surface area contributed by atoms with Crippen LogP contribution in [-0.2, 0) is 6.54 Å². The number of aromatic nitrogens is 2. The molecule has 0 unspecified atom stereocenters. The molecule has 3 fully saturated rings. The Bertz CT molecular complexity index is 1160. The van der Waals surface area contributed by atoms with E-state index in [4.69, 9.17) is 0 Å². The summed E-state index contributed by atoms with van der Waals surface area (Å²) in [6, 6.07) is 18.9. The van der Waals surface area contributed by atoms with Crippen molar-refractivity contribution in [3.63, 3.8) is 0 Å². The molecule has 170 valence electrons. The lowest BCUT2D eigenvalue weighted by atomic mass is 10.1. The Morgan fingerprint density at radius 1 is 0.788 bits per heavy atom. The van der Waals surface area contributed by atoms with Gasteiger partial charge in [-0.2, -0.15) is 0 Å². The zero-order chi connectivity index (χ0) is 22.4. The number of hydrogen-bond donors (Lipinski definition) is 0. The highest BCUT2D eigenvalue weighted by Gasteiger charge is 2.37. The molecule has 2 aromatic heterocycles. The molecule has 2 amide bonds. The number of rotatable bonds is 7. The lowest BCUT2D eigenvalue weighted by Gasteiger charge is -2.30. The standard InChI is InChI=1S/C27H30N4O2/c32-26(24-8-4-15-29(24)21-10-11-21)28-17-14-23(19-28)31(18-20-6-2-1-3-7-20)27(33)25-9-5-16-30(25)22-12-13-22/h1-9,15-16,21-23H,10-14,17-19H2/t23-/m0/s1. The van der Waals surface area contributed by atoms with Crippen LogP contribution in [-0.4, -0.2) is 49.9 Å². The number of nitrogens with zero attached hydrogens (tertiary/aromatic N) is 4. The third-order valence-electron chi connectivity index (χ3n) is 7.22. The van der Waals surface area contributed by atoms with E-state index in [1.807, 2.05) is 64.7 Å². The normalized spacial score (nSPS) is 20.2. The second-order valence-corrected chi connectivity index (χ2v) is 9.68. The van der Waals surface area contributed by atoms with E-state index in [1.54, 1.807) is 0 Å². The van der Waals surface area contributed by atoms with E-state index in [0.29, 0.717) is 31.7 Å². The second kappa shape index (κ2) is 8.25. The number of amides is 2. The van der Waals surface area contributed by atoms with Gasteiger partial charge in [-0.15, -0.1) is 0 Å². The van der Waals surface area contributed by atoms with Gasteiger partial charge in [0.2, 0.25) is 0 Å². The molecule has 0 spiro atoms. The Morgan fingerprint density at radius 3 is 2.09 bits per heavy atom. The predicted molar refractivity (Wildman–Crippen MR) is 126 cm³/mol. The van der Waals surface area contributed by atoms with Crippen LogP contribution < -0.4 is 0 Å². The van der Waals surface area contributed by atoms with Crippen LogP contribution >= 0.6 is 0 Å². The lowest BCUT2D eigenvalue weighted by Crippen LogP contribution is -2.43. The molecule has 1 saturated heterocycles. The van der Waals surface area contributed by atoms with Crippen LogP contribution in [0.2, 0.25) is 0 Å². The van der Waals surface area contributed by atoms with Gasteiger partial charge in [-0.05, 0) is 61.9 Å². The zero-order valence-electron chi connectivity index (χ0n) is 18.8. The number of likely N-dealkylation sites (tertiary alicyclic amines) is 1. The molecule has 6 nitrogen and oxygen atoms in total. The minimum absolute atomic E-state index is 0.00791. The summed E-state index contributed by atoms with van der Waals surface area (Å²) in [6.45, 7) is 1.82. The predicted octanol–water partition coefficient (Wildman–Crippen LogP) is 4.52. The van der Waals surface area contributed by atoms with E-state index >= 15 is 0 Å². The average Bonchev–Trinajstić information content (AvgIpc) is 3.71. The molecule has 6 rings (SSSR count). The summed E-state index contributed by atoms with van der Waals surface area (Å²) in [4.78, 5) is 31.1. The first-order chi connectivity index (χ1) is 16.2. The Kier molecular flexibility index (Phi) is 5.08. The molecular weight excluding hydrogens is 412 g/mol. The molecule has 3 aliphatic rings. The molecule has 33 heavy (non-hydrogen) atoms. The molecule has 3 heterocycles. The highest BCUT2D eigenvalue weighted by molar-refractivity contribution is 5.94. The van der Waals surface area contributed by atoms with Gasteiger partial charge in [0.15, 0.2) is 0 Å². The van der Waals surface area contributed by atoms with Crippen LogP contribution in [0.25, 0.3) is 0 Å². The van der Waals surface area contributed by atoms with Gasteiger partial charge in [0.05, 0.1) is 6.04 Å². The van der Waals surface area contributed by atoms with E-state index in [2.05, 4.69) is 21.3 Å². The van der Waals surface area contributed by atoms with Gasteiger partial charge in [-0.25, -0.2) is 0 Å². The van der Waals surface area contributed by atoms with E-state index in [9.17, 15) is 9.59 Å². The largest absolute Gasteiger partial charge is 0.340 e. The maximum atomic E-state index is 13.8. The van der Waals surface area contributed by atoms with Gasteiger partial charge in [-0.3, -0.25) is 9.59 Å². The van der Waals surface area contributed by atoms with Gasteiger partial charge in [0, 0.05) is 44.1 Å². The number of benzene rings is 1. The fourth-order valence-corrected chi connectivity index (χ4v) is 5.13. The Morgan fingerprint density at radius 2 is 1.42 bits per heavy atom. The van der Waals surface area contributed by atoms with Crippen molar-refractivity contribution in [1.82, 2.24) is 18.9 Å². The summed E-state index contributed by atoms with van der Waals surface area (Å²) in [5.41, 5.74) is 2.66. The maximum absolute atomic E-state index is 13.8. The minimum atomic E-state index is 0.00791. The van der Waals surface area contributed by atoms with Crippen LogP contribution in [0.15, 0.2) is 67.0 Å². The zero-order valence-corrected chi connectivity index (χ0v) is 18.8. The summed E-state index contributed by atoms with van der Waals surface area (Å²) in [6.07, 6.45) is 9.44. The molecule has 0 bridgehead atoms. The Balaban J connectivity index is 1.24. The average molecular weight is 443 g/mol. The Labute approximate surface area is 194 Å². The number of carbonyl (C=O) groups is 2. The maximum Gasteiger partial charge on any atom is 0.271 e. The van der Waals surface area contributed by atoms with Crippen molar-refractivity contribution in [2.75, 3.05) is 13.1 Å². The summed E-state index contributed by atoms with van der Waals surface area (Å²) in [7, 11) is 0. The van der Waals surface area contributed by atoms with Crippen molar-refractivity contribution < 1.29 is 9.59 Å². The monoisotopic (exact) mass is 442 g/mol. The van der Waals surface area contributed by atoms with Crippen LogP contribution in [0.4, 0.5) is 0 Å². The highest BCUT2D eigenvalue weighted by atomic mass is 16.2. The molecule has 2 saturated carbocycles. The molecule has 1 atom stereocenters. The van der Waals surface area contributed by atoms with Crippen molar-refractivity contribution in [1.29, 1.82) is 0 Å². The second-order valence-electron chi connectivity index (χ2n) is 9.68.